The van der Waals surface area contributed by atoms with Gasteiger partial charge >= 0.3 is 0 Å². The Bertz CT molecular complexity index is 522. The molecule has 0 unspecified atom stereocenters. The van der Waals surface area contributed by atoms with E-state index in [1.54, 1.807) is 19.2 Å². The first-order valence-electron chi connectivity index (χ1n) is 6.82. The molecule has 106 valence electrons. The molecule has 0 aliphatic carbocycles. The first-order valence-corrected chi connectivity index (χ1v) is 6.82. The molecule has 0 bridgehead atoms. The summed E-state index contributed by atoms with van der Waals surface area (Å²) in [5.41, 5.74) is 2.24. The predicted octanol–water partition coefficient (Wildman–Crippen LogP) is 4.27. The number of halogens is 1. The van der Waals surface area contributed by atoms with E-state index in [4.69, 9.17) is 4.74 Å². The third-order valence-electron chi connectivity index (χ3n) is 3.28. The van der Waals surface area contributed by atoms with Crippen molar-refractivity contribution in [3.63, 3.8) is 0 Å². The van der Waals surface area contributed by atoms with Crippen molar-refractivity contribution in [1.29, 1.82) is 0 Å². The number of rotatable bonds is 6. The normalized spacial score (nSPS) is 11.9. The molecule has 0 fully saturated rings. The number of nitrogens with one attached hydrogen (secondary N) is 1. The summed E-state index contributed by atoms with van der Waals surface area (Å²) in [5.74, 6) is 0.674. The van der Waals surface area contributed by atoms with Crippen LogP contribution in [-0.4, -0.2) is 13.2 Å². The van der Waals surface area contributed by atoms with E-state index in [1.165, 1.54) is 17.7 Å². The fourth-order valence-corrected chi connectivity index (χ4v) is 2.08. The van der Waals surface area contributed by atoms with Crippen LogP contribution < -0.4 is 10.1 Å². The van der Waals surface area contributed by atoms with Crippen molar-refractivity contribution in [2.75, 3.05) is 12.4 Å². The van der Waals surface area contributed by atoms with E-state index in [9.17, 15) is 4.39 Å². The second-order valence-electron chi connectivity index (χ2n) is 4.94. The Balaban J connectivity index is 1.82. The van der Waals surface area contributed by atoms with Crippen LogP contribution in [0.5, 0.6) is 5.75 Å². The summed E-state index contributed by atoms with van der Waals surface area (Å²) in [6.45, 7) is 2.13. The van der Waals surface area contributed by atoms with Crippen molar-refractivity contribution in [1.82, 2.24) is 0 Å². The van der Waals surface area contributed by atoms with Gasteiger partial charge in [0.05, 0.1) is 7.11 Å². The Morgan fingerprint density at radius 1 is 1.05 bits per heavy atom. The predicted molar refractivity (Wildman–Crippen MR) is 80.8 cm³/mol. The number of anilines is 1. The van der Waals surface area contributed by atoms with Crippen molar-refractivity contribution in [3.05, 3.63) is 59.9 Å². The van der Waals surface area contributed by atoms with Crippen molar-refractivity contribution in [2.45, 2.75) is 25.8 Å². The highest BCUT2D eigenvalue weighted by Crippen LogP contribution is 2.15. The maximum Gasteiger partial charge on any atom is 0.123 e. The fourth-order valence-electron chi connectivity index (χ4n) is 2.08. The average molecular weight is 273 g/mol. The van der Waals surface area contributed by atoms with Crippen LogP contribution in [0.2, 0.25) is 0 Å². The summed E-state index contributed by atoms with van der Waals surface area (Å²) >= 11 is 0. The van der Waals surface area contributed by atoms with Gasteiger partial charge in [0.2, 0.25) is 0 Å². The Hall–Kier alpha value is -2.03. The molecule has 1 atom stereocenters. The zero-order valence-electron chi connectivity index (χ0n) is 11.9. The fraction of sp³-hybridized carbons (Fsp3) is 0.294. The Morgan fingerprint density at radius 3 is 2.30 bits per heavy atom. The summed E-state index contributed by atoms with van der Waals surface area (Å²) < 4.78 is 18.0. The van der Waals surface area contributed by atoms with Gasteiger partial charge in [-0.15, -0.1) is 0 Å². The molecule has 3 heteroatoms. The first-order chi connectivity index (χ1) is 9.67. The van der Waals surface area contributed by atoms with Crippen LogP contribution in [0, 0.1) is 5.82 Å². The van der Waals surface area contributed by atoms with Crippen molar-refractivity contribution < 1.29 is 9.13 Å². The monoisotopic (exact) mass is 273 g/mol. The molecule has 0 heterocycles. The topological polar surface area (TPSA) is 21.3 Å². The average Bonchev–Trinajstić information content (AvgIpc) is 2.48. The maximum absolute atomic E-state index is 12.8. The van der Waals surface area contributed by atoms with Crippen LogP contribution >= 0.6 is 0 Å². The van der Waals surface area contributed by atoms with Crippen molar-refractivity contribution in [3.8, 4) is 5.75 Å². The standard InChI is InChI=1S/C17H20FNO/c1-13(19-16-9-7-15(18)8-10-16)3-4-14-5-11-17(20-2)12-6-14/h5-13,19H,3-4H2,1-2H3/t13-/m0/s1. The van der Waals surface area contributed by atoms with E-state index in [2.05, 4.69) is 24.4 Å². The summed E-state index contributed by atoms with van der Waals surface area (Å²) in [5, 5.41) is 3.37. The highest BCUT2D eigenvalue weighted by atomic mass is 19.1. The molecule has 0 aromatic heterocycles. The van der Waals surface area contributed by atoms with Gasteiger partial charge in [0.1, 0.15) is 11.6 Å². The minimum atomic E-state index is -0.207. The van der Waals surface area contributed by atoms with E-state index < -0.39 is 0 Å². The summed E-state index contributed by atoms with van der Waals surface area (Å²) in [7, 11) is 1.67. The lowest BCUT2D eigenvalue weighted by Crippen LogP contribution is -2.15. The maximum atomic E-state index is 12.8. The van der Waals surface area contributed by atoms with Crippen molar-refractivity contribution >= 4 is 5.69 Å². The molecule has 20 heavy (non-hydrogen) atoms. The third kappa shape index (κ3) is 4.26. The number of ether oxygens (including phenoxy) is 1. The van der Waals surface area contributed by atoms with Gasteiger partial charge in [-0.1, -0.05) is 12.1 Å². The summed E-state index contributed by atoms with van der Waals surface area (Å²) in [6.07, 6.45) is 2.02. The highest BCUT2D eigenvalue weighted by Gasteiger charge is 2.03. The Labute approximate surface area is 119 Å². The van der Waals surface area contributed by atoms with Gasteiger partial charge in [0.25, 0.3) is 0 Å². The van der Waals surface area contributed by atoms with Crippen LogP contribution in [0.3, 0.4) is 0 Å². The number of methoxy groups -OCH3 is 1. The summed E-state index contributed by atoms with van der Waals surface area (Å²) in [6, 6.07) is 14.9. The smallest absolute Gasteiger partial charge is 0.123 e. The van der Waals surface area contributed by atoms with Crippen molar-refractivity contribution in [2.24, 2.45) is 0 Å². The zero-order chi connectivity index (χ0) is 14.4. The molecule has 0 saturated carbocycles. The molecule has 0 radical (unpaired) electrons. The Kier molecular flexibility index (Phi) is 4.99. The van der Waals surface area contributed by atoms with Crippen LogP contribution in [0.1, 0.15) is 18.9 Å². The van der Waals surface area contributed by atoms with Crippen LogP contribution in [0.25, 0.3) is 0 Å². The number of benzene rings is 2. The van der Waals surface area contributed by atoms with E-state index in [1.807, 2.05) is 12.1 Å². The van der Waals surface area contributed by atoms with Crippen LogP contribution in [0.15, 0.2) is 48.5 Å². The molecule has 2 rings (SSSR count). The van der Waals surface area contributed by atoms with E-state index in [0.29, 0.717) is 6.04 Å². The molecule has 2 aromatic carbocycles. The lowest BCUT2D eigenvalue weighted by molar-refractivity contribution is 0.414. The second kappa shape index (κ2) is 6.94. The van der Waals surface area contributed by atoms with E-state index in [0.717, 1.165) is 24.3 Å². The molecule has 0 saturated heterocycles. The molecule has 0 aliphatic heterocycles. The minimum absolute atomic E-state index is 0.207. The SMILES string of the molecule is COc1ccc(CC[C@H](C)Nc2ccc(F)cc2)cc1. The van der Waals surface area contributed by atoms with Gasteiger partial charge in [0, 0.05) is 11.7 Å². The minimum Gasteiger partial charge on any atom is -0.497 e. The molecule has 0 amide bonds. The second-order valence-corrected chi connectivity index (χ2v) is 4.94. The zero-order valence-corrected chi connectivity index (χ0v) is 11.9. The lowest BCUT2D eigenvalue weighted by Gasteiger charge is -2.15. The molecule has 2 aromatic rings. The lowest BCUT2D eigenvalue weighted by atomic mass is 10.1. The van der Waals surface area contributed by atoms with Gasteiger partial charge in [-0.05, 0) is 61.7 Å². The number of aryl methyl sites for hydroxylation is 1. The van der Waals surface area contributed by atoms with E-state index in [-0.39, 0.29) is 5.82 Å². The molecule has 0 aliphatic rings. The summed E-state index contributed by atoms with van der Waals surface area (Å²) in [4.78, 5) is 0. The van der Waals surface area contributed by atoms with Gasteiger partial charge in [-0.3, -0.25) is 0 Å². The molecule has 1 N–H and O–H groups in total. The van der Waals surface area contributed by atoms with Gasteiger partial charge in [-0.2, -0.15) is 0 Å². The highest BCUT2D eigenvalue weighted by molar-refractivity contribution is 5.43. The quantitative estimate of drug-likeness (QED) is 0.848. The first kappa shape index (κ1) is 14.4. The largest absolute Gasteiger partial charge is 0.497 e. The Morgan fingerprint density at radius 2 is 1.70 bits per heavy atom. The van der Waals surface area contributed by atoms with E-state index >= 15 is 0 Å². The molecular formula is C17H20FNO. The molecular weight excluding hydrogens is 253 g/mol. The van der Waals surface area contributed by atoms with Gasteiger partial charge < -0.3 is 10.1 Å². The van der Waals surface area contributed by atoms with Gasteiger partial charge in [-0.25, -0.2) is 4.39 Å². The van der Waals surface area contributed by atoms with Crippen LogP contribution in [-0.2, 0) is 6.42 Å². The molecule has 0 spiro atoms. The molecule has 2 nitrogen and oxygen atoms in total. The van der Waals surface area contributed by atoms with Gasteiger partial charge in [0.15, 0.2) is 0 Å². The van der Waals surface area contributed by atoms with Crippen LogP contribution in [0.4, 0.5) is 10.1 Å². The number of hydrogen-bond donors (Lipinski definition) is 1. The third-order valence-corrected chi connectivity index (χ3v) is 3.28. The number of hydrogen-bond acceptors (Lipinski definition) is 2.